The smallest absolute Gasteiger partial charge is 0.317 e. The molecule has 2 rings (SSSR count). The number of imide groups is 1. The Hall–Kier alpha value is -5.20. The third kappa shape index (κ3) is 13.6. The van der Waals surface area contributed by atoms with Gasteiger partial charge in [0.15, 0.2) is 0 Å². The van der Waals surface area contributed by atoms with Crippen molar-refractivity contribution in [3.8, 4) is 0 Å². The molecular formula is C28H35N5O13. The van der Waals surface area contributed by atoms with E-state index in [2.05, 4.69) is 5.32 Å². The first-order valence-corrected chi connectivity index (χ1v) is 13.8. The molecule has 6 N–H and O–H groups in total. The number of nitrogens with zero attached hydrogens (tertiary/aromatic N) is 4. The van der Waals surface area contributed by atoms with Gasteiger partial charge in [0, 0.05) is 56.5 Å². The van der Waals surface area contributed by atoms with E-state index >= 15 is 0 Å². The number of carbonyl (C=O) groups excluding carboxylic acids is 3. The molecule has 18 nitrogen and oxygen atoms in total. The van der Waals surface area contributed by atoms with E-state index < -0.39 is 86.3 Å². The van der Waals surface area contributed by atoms with Crippen LogP contribution in [0.15, 0.2) is 36.4 Å². The highest BCUT2D eigenvalue weighted by molar-refractivity contribution is 6.13. The van der Waals surface area contributed by atoms with Gasteiger partial charge in [-0.25, -0.2) is 0 Å². The first-order chi connectivity index (χ1) is 21.6. The van der Waals surface area contributed by atoms with Gasteiger partial charge in [-0.1, -0.05) is 12.1 Å². The van der Waals surface area contributed by atoms with Gasteiger partial charge < -0.3 is 30.8 Å². The molecule has 1 aliphatic heterocycles. The molecule has 1 aromatic rings. The fraction of sp³-hybridized carbons (Fsp3) is 0.429. The van der Waals surface area contributed by atoms with Gasteiger partial charge in [-0.3, -0.25) is 58.0 Å². The number of rotatable bonds is 22. The Morgan fingerprint density at radius 2 is 1.13 bits per heavy atom. The van der Waals surface area contributed by atoms with Crippen molar-refractivity contribution in [2.45, 2.75) is 18.9 Å². The van der Waals surface area contributed by atoms with Crippen LogP contribution in [0.4, 0.5) is 5.69 Å². The second-order valence-electron chi connectivity index (χ2n) is 10.3. The Morgan fingerprint density at radius 3 is 1.61 bits per heavy atom. The van der Waals surface area contributed by atoms with E-state index in [0.717, 1.165) is 26.9 Å². The van der Waals surface area contributed by atoms with Crippen LogP contribution in [0.5, 0.6) is 0 Å². The second-order valence-corrected chi connectivity index (χ2v) is 10.3. The highest BCUT2D eigenvalue weighted by Crippen LogP contribution is 2.16. The summed E-state index contributed by atoms with van der Waals surface area (Å²) in [6, 6.07) is 5.34. The number of aliphatic carboxylic acids is 5. The average molecular weight is 650 g/mol. The fourth-order valence-electron chi connectivity index (χ4n) is 4.66. The normalized spacial score (nSPS) is 13.4. The van der Waals surface area contributed by atoms with Crippen LogP contribution < -0.4 is 5.32 Å². The number of hydrogen-bond acceptors (Lipinski definition) is 11. The topological polar surface area (TPSA) is 263 Å². The third-order valence-electron chi connectivity index (χ3n) is 6.64. The van der Waals surface area contributed by atoms with Crippen LogP contribution in [-0.4, -0.2) is 158 Å². The first kappa shape index (κ1) is 37.0. The molecule has 1 aromatic carbocycles. The monoisotopic (exact) mass is 649 g/mol. The number of carbonyl (C=O) groups is 8. The molecule has 1 aliphatic rings. The van der Waals surface area contributed by atoms with Crippen molar-refractivity contribution in [1.82, 2.24) is 19.6 Å². The predicted octanol–water partition coefficient (Wildman–Crippen LogP) is -1.82. The maximum atomic E-state index is 12.4. The van der Waals surface area contributed by atoms with Crippen molar-refractivity contribution in [1.29, 1.82) is 0 Å². The van der Waals surface area contributed by atoms with Crippen molar-refractivity contribution in [2.75, 3.05) is 64.2 Å². The molecule has 250 valence electrons. The summed E-state index contributed by atoms with van der Waals surface area (Å²) >= 11 is 0. The number of carboxylic acids is 5. The van der Waals surface area contributed by atoms with Crippen LogP contribution >= 0.6 is 0 Å². The predicted molar refractivity (Wildman–Crippen MR) is 156 cm³/mol. The van der Waals surface area contributed by atoms with E-state index in [1.807, 2.05) is 0 Å². The van der Waals surface area contributed by atoms with Gasteiger partial charge in [-0.05, 0) is 24.1 Å². The molecule has 1 atom stereocenters. The number of benzene rings is 1. The minimum absolute atomic E-state index is 0.0328. The summed E-state index contributed by atoms with van der Waals surface area (Å²) in [6.45, 7) is -3.84. The molecule has 0 aliphatic carbocycles. The zero-order chi connectivity index (χ0) is 34.4. The van der Waals surface area contributed by atoms with E-state index in [1.165, 1.54) is 17.0 Å². The minimum Gasteiger partial charge on any atom is -0.480 e. The van der Waals surface area contributed by atoms with Gasteiger partial charge in [0.25, 0.3) is 11.8 Å². The van der Waals surface area contributed by atoms with Crippen molar-refractivity contribution < 1.29 is 63.9 Å². The number of hydrogen-bond donors (Lipinski definition) is 6. The van der Waals surface area contributed by atoms with Gasteiger partial charge in [0.05, 0.1) is 32.7 Å². The maximum absolute atomic E-state index is 12.4. The van der Waals surface area contributed by atoms with Crippen molar-refractivity contribution >= 4 is 53.3 Å². The molecule has 46 heavy (non-hydrogen) atoms. The summed E-state index contributed by atoms with van der Waals surface area (Å²) in [4.78, 5) is 97.3. The summed E-state index contributed by atoms with van der Waals surface area (Å²) in [6.07, 6.45) is 2.09. The van der Waals surface area contributed by atoms with Gasteiger partial charge in [-0.2, -0.15) is 0 Å². The summed E-state index contributed by atoms with van der Waals surface area (Å²) in [7, 11) is 0. The Bertz CT molecular complexity index is 1300. The second kappa shape index (κ2) is 17.9. The minimum atomic E-state index is -1.34. The average Bonchev–Trinajstić information content (AvgIpc) is 3.25. The van der Waals surface area contributed by atoms with Crippen LogP contribution in [0.1, 0.15) is 12.0 Å². The lowest BCUT2D eigenvalue weighted by Crippen LogP contribution is -2.51. The van der Waals surface area contributed by atoms with Crippen molar-refractivity contribution in [3.63, 3.8) is 0 Å². The summed E-state index contributed by atoms with van der Waals surface area (Å²) in [5.41, 5.74) is 0.927. The standard InChI is InChI=1S/C28H35N5O13/c34-21(7-8-33-22(35)5-6-23(33)36)29-19-3-1-18(2-4-19)11-20(32(16-27(43)44)17-28(45)46)12-30(13-24(37)38)9-10-31(14-25(39)40)15-26(41)42/h1-6,20H,7-17H2,(H,29,34)(H,37,38)(H,39,40)(H,41,42)(H,43,44)(H,45,46)/t20-/m1/s1. The number of nitrogens with one attached hydrogen (secondary N) is 1. The molecule has 0 radical (unpaired) electrons. The molecule has 0 bridgehead atoms. The Kier molecular flexibility index (Phi) is 14.4. The Morgan fingerprint density at radius 1 is 0.674 bits per heavy atom. The lowest BCUT2D eigenvalue weighted by atomic mass is 10.0. The molecule has 1 heterocycles. The summed E-state index contributed by atoms with van der Waals surface area (Å²) < 4.78 is 0. The summed E-state index contributed by atoms with van der Waals surface area (Å²) in [5, 5.41) is 49.2. The van der Waals surface area contributed by atoms with Gasteiger partial charge in [0.2, 0.25) is 5.91 Å². The quantitative estimate of drug-likeness (QED) is 0.0755. The van der Waals surface area contributed by atoms with Gasteiger partial charge >= 0.3 is 29.8 Å². The van der Waals surface area contributed by atoms with Crippen LogP contribution in [-0.2, 0) is 44.8 Å². The lowest BCUT2D eigenvalue weighted by Gasteiger charge is -2.34. The van der Waals surface area contributed by atoms with E-state index in [-0.39, 0.29) is 39.0 Å². The van der Waals surface area contributed by atoms with Crippen molar-refractivity contribution in [2.24, 2.45) is 0 Å². The molecule has 0 spiro atoms. The number of anilines is 1. The number of carboxylic acid groups (broad SMARTS) is 5. The molecule has 0 unspecified atom stereocenters. The SMILES string of the molecule is O=C(O)CN(CCN(CC(=O)O)C[C@@H](Cc1ccc(NC(=O)CCN2C(=O)C=CC2=O)cc1)N(CC(=O)O)CC(=O)O)CC(=O)O. The first-order valence-electron chi connectivity index (χ1n) is 13.8. The highest BCUT2D eigenvalue weighted by Gasteiger charge is 2.28. The van der Waals surface area contributed by atoms with E-state index in [4.69, 9.17) is 10.2 Å². The fourth-order valence-corrected chi connectivity index (χ4v) is 4.66. The zero-order valence-electron chi connectivity index (χ0n) is 24.6. The van der Waals surface area contributed by atoms with Crippen molar-refractivity contribution in [3.05, 3.63) is 42.0 Å². The van der Waals surface area contributed by atoms with Gasteiger partial charge in [-0.15, -0.1) is 0 Å². The molecule has 3 amide bonds. The number of amides is 3. The third-order valence-corrected chi connectivity index (χ3v) is 6.64. The molecule has 18 heteroatoms. The van der Waals surface area contributed by atoms with E-state index in [9.17, 15) is 53.7 Å². The van der Waals surface area contributed by atoms with Gasteiger partial charge in [0.1, 0.15) is 0 Å². The lowest BCUT2D eigenvalue weighted by molar-refractivity contribution is -0.144. The largest absolute Gasteiger partial charge is 0.480 e. The van der Waals surface area contributed by atoms with Crippen LogP contribution in [0, 0.1) is 0 Å². The van der Waals surface area contributed by atoms with E-state index in [1.54, 1.807) is 12.1 Å². The molecule has 0 saturated carbocycles. The van der Waals surface area contributed by atoms with Crippen LogP contribution in [0.2, 0.25) is 0 Å². The van der Waals surface area contributed by atoms with Crippen LogP contribution in [0.25, 0.3) is 0 Å². The Labute approximate surface area is 262 Å². The van der Waals surface area contributed by atoms with Crippen LogP contribution in [0.3, 0.4) is 0 Å². The maximum Gasteiger partial charge on any atom is 0.317 e. The van der Waals surface area contributed by atoms with E-state index in [0.29, 0.717) is 11.3 Å². The molecule has 0 saturated heterocycles. The zero-order valence-corrected chi connectivity index (χ0v) is 24.6. The highest BCUT2D eigenvalue weighted by atomic mass is 16.4. The molecular weight excluding hydrogens is 614 g/mol. The Balaban J connectivity index is 2.20. The molecule has 0 aromatic heterocycles. The summed E-state index contributed by atoms with van der Waals surface area (Å²) in [5.74, 6) is -8.06. The molecule has 0 fully saturated rings.